The van der Waals surface area contributed by atoms with Gasteiger partial charge in [-0.2, -0.15) is 0 Å². The highest BCUT2D eigenvalue weighted by Gasteiger charge is 2.15. The van der Waals surface area contributed by atoms with E-state index in [-0.39, 0.29) is 0 Å². The van der Waals surface area contributed by atoms with Crippen molar-refractivity contribution in [2.75, 3.05) is 23.3 Å². The molecule has 1 aliphatic heterocycles. The van der Waals surface area contributed by atoms with Gasteiger partial charge in [0.15, 0.2) is 0 Å². The summed E-state index contributed by atoms with van der Waals surface area (Å²) >= 11 is 0. The summed E-state index contributed by atoms with van der Waals surface area (Å²) in [5.74, 6) is -0.794. The van der Waals surface area contributed by atoms with Gasteiger partial charge in [0, 0.05) is 36.6 Å². The molecule has 0 bridgehead atoms. The number of amides is 1. The summed E-state index contributed by atoms with van der Waals surface area (Å²) in [5, 5.41) is 11.1. The van der Waals surface area contributed by atoms with Gasteiger partial charge in [0.1, 0.15) is 0 Å². The zero-order chi connectivity index (χ0) is 15.2. The monoisotopic (exact) mass is 288 g/mol. The third kappa shape index (κ3) is 4.63. The summed E-state index contributed by atoms with van der Waals surface area (Å²) in [6.07, 6.45) is 4.23. The first-order chi connectivity index (χ1) is 10.0. The zero-order valence-corrected chi connectivity index (χ0v) is 12.1. The minimum absolute atomic E-state index is 0.447. The second-order valence-electron chi connectivity index (χ2n) is 5.38. The second-order valence-corrected chi connectivity index (χ2v) is 5.38. The van der Waals surface area contributed by atoms with E-state index in [1.165, 1.54) is 12.8 Å². The molecule has 1 amide bonds. The van der Waals surface area contributed by atoms with Gasteiger partial charge in [-0.15, -0.1) is 0 Å². The Morgan fingerprint density at radius 2 is 1.81 bits per heavy atom. The summed E-state index contributed by atoms with van der Waals surface area (Å²) in [7, 11) is 0. The standard InChI is InChI=1S/C16H20N2O3/c1-12-8-10-18(11-9-12)14-4-2-13(3-5-14)17-15(19)6-7-16(20)21/h2-7,12H,8-11H2,1H3,(H,17,19)(H,20,21)/b7-6+. The fraction of sp³-hybridized carbons (Fsp3) is 0.375. The Morgan fingerprint density at radius 3 is 2.38 bits per heavy atom. The SMILES string of the molecule is CC1CCN(c2ccc(NC(=O)/C=C/C(=O)O)cc2)CC1. The van der Waals surface area contributed by atoms with Crippen molar-refractivity contribution in [2.45, 2.75) is 19.8 Å². The van der Waals surface area contributed by atoms with Gasteiger partial charge in [0.05, 0.1) is 0 Å². The van der Waals surface area contributed by atoms with Crippen LogP contribution in [0.15, 0.2) is 36.4 Å². The van der Waals surface area contributed by atoms with E-state index in [4.69, 9.17) is 5.11 Å². The fourth-order valence-electron chi connectivity index (χ4n) is 2.35. The number of carbonyl (C=O) groups is 2. The van der Waals surface area contributed by atoms with Gasteiger partial charge in [-0.3, -0.25) is 4.79 Å². The van der Waals surface area contributed by atoms with E-state index in [0.29, 0.717) is 5.69 Å². The molecular weight excluding hydrogens is 268 g/mol. The number of carboxylic acids is 1. The molecule has 1 aromatic carbocycles. The molecule has 0 spiro atoms. The molecule has 0 atom stereocenters. The Balaban J connectivity index is 1.93. The molecule has 2 N–H and O–H groups in total. The van der Waals surface area contributed by atoms with Crippen LogP contribution in [0, 0.1) is 5.92 Å². The number of carbonyl (C=O) groups excluding carboxylic acids is 1. The molecule has 5 nitrogen and oxygen atoms in total. The molecule has 0 unspecified atom stereocenters. The zero-order valence-electron chi connectivity index (χ0n) is 12.1. The minimum atomic E-state index is -1.14. The number of hydrogen-bond donors (Lipinski definition) is 2. The first-order valence-corrected chi connectivity index (χ1v) is 7.11. The summed E-state index contributed by atoms with van der Waals surface area (Å²) in [6.45, 7) is 4.41. The predicted octanol–water partition coefficient (Wildman–Crippen LogP) is 2.50. The van der Waals surface area contributed by atoms with Crippen LogP contribution in [0.1, 0.15) is 19.8 Å². The number of piperidine rings is 1. The molecule has 1 aromatic rings. The van der Waals surface area contributed by atoms with Crippen LogP contribution >= 0.6 is 0 Å². The molecule has 0 aromatic heterocycles. The van der Waals surface area contributed by atoms with Crippen LogP contribution in [0.5, 0.6) is 0 Å². The van der Waals surface area contributed by atoms with E-state index in [2.05, 4.69) is 17.1 Å². The number of anilines is 2. The number of hydrogen-bond acceptors (Lipinski definition) is 3. The van der Waals surface area contributed by atoms with Gasteiger partial charge < -0.3 is 15.3 Å². The van der Waals surface area contributed by atoms with Crippen molar-refractivity contribution < 1.29 is 14.7 Å². The quantitative estimate of drug-likeness (QED) is 0.835. The Bertz CT molecular complexity index is 529. The van der Waals surface area contributed by atoms with Gasteiger partial charge >= 0.3 is 5.97 Å². The lowest BCUT2D eigenvalue weighted by Gasteiger charge is -2.32. The van der Waals surface area contributed by atoms with Gasteiger partial charge in [0.2, 0.25) is 5.91 Å². The highest BCUT2D eigenvalue weighted by Crippen LogP contribution is 2.24. The van der Waals surface area contributed by atoms with Crippen molar-refractivity contribution in [3.8, 4) is 0 Å². The van der Waals surface area contributed by atoms with Crippen LogP contribution in [-0.2, 0) is 9.59 Å². The minimum Gasteiger partial charge on any atom is -0.478 e. The maximum Gasteiger partial charge on any atom is 0.328 e. The van der Waals surface area contributed by atoms with Gasteiger partial charge in [-0.1, -0.05) is 6.92 Å². The fourth-order valence-corrected chi connectivity index (χ4v) is 2.35. The van der Waals surface area contributed by atoms with E-state index in [0.717, 1.165) is 36.8 Å². The molecule has 0 saturated carbocycles. The highest BCUT2D eigenvalue weighted by atomic mass is 16.4. The lowest BCUT2D eigenvalue weighted by atomic mass is 9.99. The number of nitrogens with zero attached hydrogens (tertiary/aromatic N) is 1. The molecule has 1 aliphatic rings. The average Bonchev–Trinajstić information content (AvgIpc) is 2.47. The van der Waals surface area contributed by atoms with Crippen molar-refractivity contribution >= 4 is 23.3 Å². The maximum absolute atomic E-state index is 11.5. The molecule has 0 aliphatic carbocycles. The van der Waals surface area contributed by atoms with Gasteiger partial charge in [-0.25, -0.2) is 4.79 Å². The molecule has 1 heterocycles. The molecule has 1 fully saturated rings. The first-order valence-electron chi connectivity index (χ1n) is 7.11. The number of aliphatic carboxylic acids is 1. The van der Waals surface area contributed by atoms with Crippen molar-refractivity contribution in [1.82, 2.24) is 0 Å². The summed E-state index contributed by atoms with van der Waals surface area (Å²) in [6, 6.07) is 7.62. The summed E-state index contributed by atoms with van der Waals surface area (Å²) in [4.78, 5) is 24.1. The van der Waals surface area contributed by atoms with Crippen LogP contribution < -0.4 is 10.2 Å². The smallest absolute Gasteiger partial charge is 0.328 e. The third-order valence-corrected chi connectivity index (χ3v) is 3.66. The van der Waals surface area contributed by atoms with Crippen molar-refractivity contribution in [1.29, 1.82) is 0 Å². The van der Waals surface area contributed by atoms with Crippen molar-refractivity contribution in [3.63, 3.8) is 0 Å². The van der Waals surface area contributed by atoms with Crippen LogP contribution in [-0.4, -0.2) is 30.1 Å². The average molecular weight is 288 g/mol. The maximum atomic E-state index is 11.5. The van der Waals surface area contributed by atoms with E-state index < -0.39 is 11.9 Å². The second kappa shape index (κ2) is 6.92. The lowest BCUT2D eigenvalue weighted by molar-refractivity contribution is -0.131. The topological polar surface area (TPSA) is 69.6 Å². The number of benzene rings is 1. The number of rotatable bonds is 4. The first kappa shape index (κ1) is 15.1. The molecule has 1 saturated heterocycles. The van der Waals surface area contributed by atoms with Gasteiger partial charge in [0.25, 0.3) is 0 Å². The van der Waals surface area contributed by atoms with Crippen LogP contribution in [0.2, 0.25) is 0 Å². The molecular formula is C16H20N2O3. The highest BCUT2D eigenvalue weighted by molar-refractivity contribution is 6.02. The molecule has 0 radical (unpaired) electrons. The normalized spacial score (nSPS) is 16.1. The Labute approximate surface area is 124 Å². The largest absolute Gasteiger partial charge is 0.478 e. The van der Waals surface area contributed by atoms with Crippen molar-refractivity contribution in [3.05, 3.63) is 36.4 Å². The van der Waals surface area contributed by atoms with E-state index in [9.17, 15) is 9.59 Å². The van der Waals surface area contributed by atoms with Crippen LogP contribution in [0.25, 0.3) is 0 Å². The van der Waals surface area contributed by atoms with E-state index >= 15 is 0 Å². The van der Waals surface area contributed by atoms with Crippen molar-refractivity contribution in [2.24, 2.45) is 5.92 Å². The Hall–Kier alpha value is -2.30. The van der Waals surface area contributed by atoms with Gasteiger partial charge in [-0.05, 0) is 43.0 Å². The number of nitrogens with one attached hydrogen (secondary N) is 1. The molecule has 5 heteroatoms. The van der Waals surface area contributed by atoms with Crippen LogP contribution in [0.4, 0.5) is 11.4 Å². The summed E-state index contributed by atoms with van der Waals surface area (Å²) in [5.41, 5.74) is 1.81. The lowest BCUT2D eigenvalue weighted by Crippen LogP contribution is -2.32. The molecule has 2 rings (SSSR count). The number of carboxylic acid groups (broad SMARTS) is 1. The van der Waals surface area contributed by atoms with E-state index in [1.54, 1.807) is 0 Å². The predicted molar refractivity (Wildman–Crippen MR) is 82.5 cm³/mol. The molecule has 21 heavy (non-hydrogen) atoms. The molecule has 112 valence electrons. The Morgan fingerprint density at radius 1 is 1.19 bits per heavy atom. The van der Waals surface area contributed by atoms with E-state index in [1.807, 2.05) is 24.3 Å². The Kier molecular flexibility index (Phi) is 4.98. The third-order valence-electron chi connectivity index (χ3n) is 3.66. The van der Waals surface area contributed by atoms with Crippen LogP contribution in [0.3, 0.4) is 0 Å². The summed E-state index contributed by atoms with van der Waals surface area (Å²) < 4.78 is 0.